The number of nitrogens with zero attached hydrogens (tertiary/aromatic N) is 2. The van der Waals surface area contributed by atoms with Gasteiger partial charge in [-0.05, 0) is 24.6 Å². The number of thiophene rings is 1. The number of methoxy groups -OCH3 is 2. The maximum Gasteiger partial charge on any atom is 0.328 e. The summed E-state index contributed by atoms with van der Waals surface area (Å²) in [7, 11) is 2.90. The molecule has 0 bridgehead atoms. The van der Waals surface area contributed by atoms with Crippen LogP contribution in [0.25, 0.3) is 21.3 Å². The van der Waals surface area contributed by atoms with Gasteiger partial charge in [0.05, 0.1) is 25.9 Å². The van der Waals surface area contributed by atoms with Gasteiger partial charge in [-0.2, -0.15) is 0 Å². The molecule has 2 aromatic heterocycles. The van der Waals surface area contributed by atoms with Gasteiger partial charge in [-0.25, -0.2) is 9.78 Å². The molecule has 1 atom stereocenters. The maximum atomic E-state index is 12.9. The molecule has 0 aliphatic rings. The van der Waals surface area contributed by atoms with E-state index in [-0.39, 0.29) is 5.56 Å². The number of rotatable bonds is 4. The summed E-state index contributed by atoms with van der Waals surface area (Å²) in [5, 5.41) is 2.40. The van der Waals surface area contributed by atoms with Gasteiger partial charge < -0.3 is 9.47 Å². The highest BCUT2D eigenvalue weighted by Gasteiger charge is 2.20. The monoisotopic (exact) mass is 344 g/mol. The Morgan fingerprint density at radius 3 is 2.58 bits per heavy atom. The molecule has 1 aromatic carbocycles. The number of aromatic nitrogens is 2. The van der Waals surface area contributed by atoms with Gasteiger partial charge in [0.1, 0.15) is 16.6 Å². The molecule has 0 fully saturated rings. The minimum atomic E-state index is -0.733. The first-order valence-corrected chi connectivity index (χ1v) is 8.15. The fourth-order valence-electron chi connectivity index (χ4n) is 2.49. The molecule has 2 heterocycles. The molecule has 24 heavy (non-hydrogen) atoms. The summed E-state index contributed by atoms with van der Waals surface area (Å²) in [4.78, 5) is 29.6. The molecular weight excluding hydrogens is 328 g/mol. The fraction of sp³-hybridized carbons (Fsp3) is 0.235. The van der Waals surface area contributed by atoms with Crippen LogP contribution in [0.1, 0.15) is 13.0 Å². The van der Waals surface area contributed by atoms with Crippen molar-refractivity contribution in [2.24, 2.45) is 0 Å². The van der Waals surface area contributed by atoms with E-state index in [9.17, 15) is 9.59 Å². The number of hydrogen-bond acceptors (Lipinski definition) is 6. The van der Waals surface area contributed by atoms with Gasteiger partial charge >= 0.3 is 5.97 Å². The van der Waals surface area contributed by atoms with E-state index in [1.807, 2.05) is 29.6 Å². The van der Waals surface area contributed by atoms with E-state index in [2.05, 4.69) is 4.98 Å². The van der Waals surface area contributed by atoms with Gasteiger partial charge in [-0.3, -0.25) is 9.36 Å². The van der Waals surface area contributed by atoms with Gasteiger partial charge in [0.15, 0.2) is 0 Å². The third-order valence-electron chi connectivity index (χ3n) is 3.88. The summed E-state index contributed by atoms with van der Waals surface area (Å²) < 4.78 is 11.2. The van der Waals surface area contributed by atoms with Crippen LogP contribution in [-0.4, -0.2) is 29.7 Å². The third kappa shape index (κ3) is 2.67. The van der Waals surface area contributed by atoms with Gasteiger partial charge in [0.2, 0.25) is 0 Å². The Kier molecular flexibility index (Phi) is 4.35. The highest BCUT2D eigenvalue weighted by molar-refractivity contribution is 7.17. The summed E-state index contributed by atoms with van der Waals surface area (Å²) in [6.45, 7) is 1.61. The topological polar surface area (TPSA) is 70.4 Å². The van der Waals surface area contributed by atoms with Crippen molar-refractivity contribution in [3.05, 3.63) is 46.3 Å². The Morgan fingerprint density at radius 1 is 1.25 bits per heavy atom. The van der Waals surface area contributed by atoms with Crippen LogP contribution in [0, 0.1) is 0 Å². The molecule has 0 unspecified atom stereocenters. The van der Waals surface area contributed by atoms with Crippen LogP contribution in [0.5, 0.6) is 5.75 Å². The summed E-state index contributed by atoms with van der Waals surface area (Å²) in [6.07, 6.45) is 1.39. The van der Waals surface area contributed by atoms with Crippen LogP contribution in [0.3, 0.4) is 0 Å². The van der Waals surface area contributed by atoms with Crippen LogP contribution in [0.15, 0.2) is 40.8 Å². The molecule has 7 heteroatoms. The molecule has 3 aromatic rings. The average Bonchev–Trinajstić information content (AvgIpc) is 3.06. The van der Waals surface area contributed by atoms with Crippen LogP contribution in [0.2, 0.25) is 0 Å². The summed E-state index contributed by atoms with van der Waals surface area (Å²) in [5.74, 6) is 0.257. The summed E-state index contributed by atoms with van der Waals surface area (Å²) in [6, 6.07) is 6.72. The number of esters is 1. The van der Waals surface area contributed by atoms with E-state index in [1.165, 1.54) is 29.3 Å². The molecule has 0 aliphatic heterocycles. The molecule has 0 N–H and O–H groups in total. The van der Waals surface area contributed by atoms with Crippen molar-refractivity contribution < 1.29 is 14.3 Å². The lowest BCUT2D eigenvalue weighted by molar-refractivity contribution is -0.144. The van der Waals surface area contributed by atoms with Gasteiger partial charge in [0, 0.05) is 10.9 Å². The van der Waals surface area contributed by atoms with Crippen molar-refractivity contribution >= 4 is 27.5 Å². The van der Waals surface area contributed by atoms with Gasteiger partial charge in [0.25, 0.3) is 5.56 Å². The van der Waals surface area contributed by atoms with Crippen molar-refractivity contribution in [1.29, 1.82) is 0 Å². The normalized spacial score (nSPS) is 12.1. The highest BCUT2D eigenvalue weighted by atomic mass is 32.1. The van der Waals surface area contributed by atoms with Crippen molar-refractivity contribution in [3.63, 3.8) is 0 Å². The van der Waals surface area contributed by atoms with E-state index in [4.69, 9.17) is 9.47 Å². The average molecular weight is 344 g/mol. The molecule has 0 spiro atoms. The Balaban J connectivity index is 2.16. The Hall–Kier alpha value is -2.67. The second kappa shape index (κ2) is 6.45. The first-order chi connectivity index (χ1) is 11.6. The molecule has 0 radical (unpaired) electrons. The Labute approximate surface area is 142 Å². The standard InChI is InChI=1S/C17H16N2O4S/c1-10(17(21)23-3)19-9-18-15-14(16(19)20)13(8-24-15)11-4-6-12(22-2)7-5-11/h4-10H,1-3H3/t10-/m1/s1. The molecule has 6 nitrogen and oxygen atoms in total. The first kappa shape index (κ1) is 16.2. The van der Waals surface area contributed by atoms with Crippen LogP contribution in [-0.2, 0) is 9.53 Å². The predicted molar refractivity (Wildman–Crippen MR) is 92.6 cm³/mol. The molecule has 124 valence electrons. The fourth-order valence-corrected chi connectivity index (χ4v) is 3.40. The number of fused-ring (bicyclic) bond motifs is 1. The van der Waals surface area contributed by atoms with Crippen LogP contribution in [0.4, 0.5) is 0 Å². The molecule has 0 aliphatic carbocycles. The molecule has 0 amide bonds. The van der Waals surface area contributed by atoms with E-state index in [1.54, 1.807) is 14.0 Å². The largest absolute Gasteiger partial charge is 0.497 e. The minimum absolute atomic E-state index is 0.259. The number of carbonyl (C=O) groups is 1. The lowest BCUT2D eigenvalue weighted by Crippen LogP contribution is -2.29. The molecule has 0 saturated carbocycles. The zero-order chi connectivity index (χ0) is 17.3. The SMILES string of the molecule is COC(=O)[C@@H](C)n1cnc2scc(-c3ccc(OC)cc3)c2c1=O. The smallest absolute Gasteiger partial charge is 0.328 e. The Morgan fingerprint density at radius 2 is 1.96 bits per heavy atom. The minimum Gasteiger partial charge on any atom is -0.497 e. The quantitative estimate of drug-likeness (QED) is 0.681. The predicted octanol–water partition coefficient (Wildman–Crippen LogP) is 2.87. The van der Waals surface area contributed by atoms with Crippen molar-refractivity contribution in [2.75, 3.05) is 14.2 Å². The maximum absolute atomic E-state index is 12.9. The zero-order valence-corrected chi connectivity index (χ0v) is 14.3. The number of hydrogen-bond donors (Lipinski definition) is 0. The van der Waals surface area contributed by atoms with E-state index in [0.717, 1.165) is 16.9 Å². The van der Waals surface area contributed by atoms with Gasteiger partial charge in [-0.1, -0.05) is 12.1 Å². The lowest BCUT2D eigenvalue weighted by atomic mass is 10.1. The second-order valence-electron chi connectivity index (χ2n) is 5.21. The lowest BCUT2D eigenvalue weighted by Gasteiger charge is -2.12. The van der Waals surface area contributed by atoms with Crippen molar-refractivity contribution in [2.45, 2.75) is 13.0 Å². The van der Waals surface area contributed by atoms with Crippen molar-refractivity contribution in [3.8, 4) is 16.9 Å². The number of carbonyl (C=O) groups excluding carboxylic acids is 1. The summed E-state index contributed by atoms with van der Waals surface area (Å²) in [5.41, 5.74) is 1.43. The number of ether oxygens (including phenoxy) is 2. The van der Waals surface area contributed by atoms with Gasteiger partial charge in [-0.15, -0.1) is 11.3 Å². The van der Waals surface area contributed by atoms with Crippen LogP contribution >= 0.6 is 11.3 Å². The molecule has 3 rings (SSSR count). The van der Waals surface area contributed by atoms with Crippen LogP contribution < -0.4 is 10.3 Å². The van der Waals surface area contributed by atoms with E-state index < -0.39 is 12.0 Å². The highest BCUT2D eigenvalue weighted by Crippen LogP contribution is 2.31. The van der Waals surface area contributed by atoms with E-state index in [0.29, 0.717) is 10.2 Å². The number of benzene rings is 1. The molecular formula is C17H16N2O4S. The zero-order valence-electron chi connectivity index (χ0n) is 13.5. The summed E-state index contributed by atoms with van der Waals surface area (Å²) >= 11 is 1.40. The third-order valence-corrected chi connectivity index (χ3v) is 4.77. The molecule has 0 saturated heterocycles. The first-order valence-electron chi connectivity index (χ1n) is 7.27. The van der Waals surface area contributed by atoms with E-state index >= 15 is 0 Å². The Bertz CT molecular complexity index is 943. The second-order valence-corrected chi connectivity index (χ2v) is 6.07. The van der Waals surface area contributed by atoms with Crippen molar-refractivity contribution in [1.82, 2.24) is 9.55 Å².